The van der Waals surface area contributed by atoms with E-state index in [1.807, 2.05) is 0 Å². The van der Waals surface area contributed by atoms with E-state index in [2.05, 4.69) is 4.98 Å². The highest BCUT2D eigenvalue weighted by molar-refractivity contribution is 6.13. The number of pyridine rings is 1. The lowest BCUT2D eigenvalue weighted by molar-refractivity contribution is -0.170. The number of carbonyl (C=O) groups is 4. The van der Waals surface area contributed by atoms with Crippen LogP contribution in [0.25, 0.3) is 0 Å². The third-order valence-electron chi connectivity index (χ3n) is 3.28. The second kappa shape index (κ2) is 7.34. The number of aromatic nitrogens is 1. The van der Waals surface area contributed by atoms with Gasteiger partial charge in [0.2, 0.25) is 11.6 Å². The van der Waals surface area contributed by atoms with Crippen molar-refractivity contribution >= 4 is 23.1 Å². The van der Waals surface area contributed by atoms with Crippen LogP contribution in [0.4, 0.5) is 26.3 Å². The predicted molar refractivity (Wildman–Crippen MR) is 73.7 cm³/mol. The fourth-order valence-corrected chi connectivity index (χ4v) is 1.97. The average Bonchev–Trinajstić information content (AvgIpc) is 2.44. The van der Waals surface area contributed by atoms with Crippen molar-refractivity contribution in [1.29, 1.82) is 0 Å². The van der Waals surface area contributed by atoms with E-state index in [1.54, 1.807) is 0 Å². The molecule has 142 valence electrons. The first-order valence-electron chi connectivity index (χ1n) is 6.89. The summed E-state index contributed by atoms with van der Waals surface area (Å²) in [5.74, 6) is -7.23. The third kappa shape index (κ3) is 5.20. The van der Waals surface area contributed by atoms with Crippen molar-refractivity contribution in [3.63, 3.8) is 0 Å². The van der Waals surface area contributed by atoms with Crippen LogP contribution in [0.15, 0.2) is 6.07 Å². The zero-order chi connectivity index (χ0) is 20.4. The van der Waals surface area contributed by atoms with Gasteiger partial charge in [-0.1, -0.05) is 0 Å². The fourth-order valence-electron chi connectivity index (χ4n) is 1.97. The molecule has 0 fully saturated rings. The van der Waals surface area contributed by atoms with Crippen molar-refractivity contribution in [1.82, 2.24) is 4.98 Å². The lowest BCUT2D eigenvalue weighted by atomic mass is 9.97. The zero-order valence-corrected chi connectivity index (χ0v) is 13.3. The van der Waals surface area contributed by atoms with Gasteiger partial charge in [-0.15, -0.1) is 0 Å². The number of Topliss-reactive ketones (excluding diaryl/α,β-unsaturated/α-hetero) is 4. The van der Waals surface area contributed by atoms with Crippen LogP contribution in [0.2, 0.25) is 0 Å². The molecule has 1 aromatic rings. The molecular weight excluding hydrogens is 372 g/mol. The van der Waals surface area contributed by atoms with Gasteiger partial charge in [-0.2, -0.15) is 26.3 Å². The van der Waals surface area contributed by atoms with Gasteiger partial charge in [0, 0.05) is 22.5 Å². The largest absolute Gasteiger partial charge is 0.450 e. The molecule has 1 rings (SSSR count). The molecule has 0 saturated carbocycles. The Hall–Kier alpha value is -2.59. The van der Waals surface area contributed by atoms with Crippen LogP contribution in [0.5, 0.6) is 0 Å². The monoisotopic (exact) mass is 383 g/mol. The molecule has 0 aliphatic heterocycles. The van der Waals surface area contributed by atoms with Crippen molar-refractivity contribution in [2.45, 2.75) is 39.0 Å². The maximum absolute atomic E-state index is 12.2. The molecule has 26 heavy (non-hydrogen) atoms. The number of nitrogens with zero attached hydrogens (tertiary/aromatic N) is 1. The minimum atomic E-state index is -5.24. The van der Waals surface area contributed by atoms with Gasteiger partial charge in [0.05, 0.1) is 12.8 Å². The Morgan fingerprint density at radius 2 is 1.08 bits per heavy atom. The van der Waals surface area contributed by atoms with E-state index < -0.39 is 59.5 Å². The molecule has 0 bridgehead atoms. The third-order valence-corrected chi connectivity index (χ3v) is 3.28. The number of aryl methyl sites for hydroxylation is 2. The number of hydrogen-bond donors (Lipinski definition) is 0. The summed E-state index contributed by atoms with van der Waals surface area (Å²) < 4.78 is 73.4. The summed E-state index contributed by atoms with van der Waals surface area (Å²) in [7, 11) is 0. The Kier molecular flexibility index (Phi) is 6.06. The second-order valence-electron chi connectivity index (χ2n) is 5.30. The second-order valence-corrected chi connectivity index (χ2v) is 5.30. The molecule has 0 atom stereocenters. The molecule has 5 nitrogen and oxygen atoms in total. The highest BCUT2D eigenvalue weighted by atomic mass is 19.4. The minimum Gasteiger partial charge on any atom is -0.294 e. The highest BCUT2D eigenvalue weighted by Crippen LogP contribution is 2.23. The lowest BCUT2D eigenvalue weighted by Crippen LogP contribution is -2.27. The average molecular weight is 383 g/mol. The van der Waals surface area contributed by atoms with Crippen molar-refractivity contribution in [2.24, 2.45) is 0 Å². The first-order valence-corrected chi connectivity index (χ1v) is 6.89. The van der Waals surface area contributed by atoms with Crippen molar-refractivity contribution in [3.8, 4) is 0 Å². The Morgan fingerprint density at radius 1 is 0.769 bits per heavy atom. The maximum atomic E-state index is 12.2. The SMILES string of the molecule is Cc1nc(C)c(C(=O)CC(=O)C(F)(F)F)cc1C(=O)CC(=O)C(F)(F)F. The Balaban J connectivity index is 3.17. The molecule has 0 unspecified atom stereocenters. The summed E-state index contributed by atoms with van der Waals surface area (Å²) in [5.41, 5.74) is -1.26. The van der Waals surface area contributed by atoms with Crippen LogP contribution in [0, 0.1) is 13.8 Å². The van der Waals surface area contributed by atoms with Crippen LogP contribution in [-0.2, 0) is 9.59 Å². The van der Waals surface area contributed by atoms with Crippen molar-refractivity contribution < 1.29 is 45.5 Å². The number of carbonyl (C=O) groups excluding carboxylic acids is 4. The number of hydrogen-bond acceptors (Lipinski definition) is 5. The predicted octanol–water partition coefficient (Wildman–Crippen LogP) is 3.11. The van der Waals surface area contributed by atoms with E-state index in [-0.39, 0.29) is 11.4 Å². The van der Waals surface area contributed by atoms with Gasteiger partial charge in [-0.05, 0) is 19.9 Å². The summed E-state index contributed by atoms with van der Waals surface area (Å²) in [6, 6.07) is 0.746. The highest BCUT2D eigenvalue weighted by Gasteiger charge is 2.40. The van der Waals surface area contributed by atoms with E-state index in [0.29, 0.717) is 0 Å². The first-order chi connectivity index (χ1) is 11.6. The van der Waals surface area contributed by atoms with E-state index in [0.717, 1.165) is 6.07 Å². The van der Waals surface area contributed by atoms with Gasteiger partial charge in [0.25, 0.3) is 0 Å². The standard InChI is InChI=1S/C15H11F6NO4/c1-6-8(10(23)4-12(25)14(16,17)18)3-9(7(2)22-6)11(24)5-13(26)15(19,20)21/h3H,4-5H2,1-2H3. The molecule has 0 aliphatic carbocycles. The molecule has 0 aliphatic rings. The summed E-state index contributed by atoms with van der Waals surface area (Å²) in [6.45, 7) is 2.43. The van der Waals surface area contributed by atoms with Crippen molar-refractivity contribution in [3.05, 3.63) is 28.6 Å². The smallest absolute Gasteiger partial charge is 0.294 e. The summed E-state index contributed by atoms with van der Waals surface area (Å²) in [4.78, 5) is 49.3. The van der Waals surface area contributed by atoms with Gasteiger partial charge in [-0.25, -0.2) is 0 Å². The molecule has 0 saturated heterocycles. The minimum absolute atomic E-state index is 0.110. The van der Waals surface area contributed by atoms with Crippen LogP contribution in [0.1, 0.15) is 44.9 Å². The van der Waals surface area contributed by atoms with E-state index >= 15 is 0 Å². The topological polar surface area (TPSA) is 81.2 Å². The lowest BCUT2D eigenvalue weighted by Gasteiger charge is -2.11. The molecule has 1 heterocycles. The zero-order valence-electron chi connectivity index (χ0n) is 13.3. The molecule has 0 radical (unpaired) electrons. The van der Waals surface area contributed by atoms with E-state index in [9.17, 15) is 45.5 Å². The van der Waals surface area contributed by atoms with Crippen LogP contribution >= 0.6 is 0 Å². The Labute approximate surface area is 142 Å². The van der Waals surface area contributed by atoms with Gasteiger partial charge in [-0.3, -0.25) is 24.2 Å². The van der Waals surface area contributed by atoms with Crippen LogP contribution in [-0.4, -0.2) is 40.5 Å². The molecule has 0 aromatic carbocycles. The van der Waals surface area contributed by atoms with E-state index in [1.165, 1.54) is 13.8 Å². The Bertz CT molecular complexity index is 718. The molecule has 0 N–H and O–H groups in total. The van der Waals surface area contributed by atoms with Gasteiger partial charge in [0.15, 0.2) is 11.6 Å². The van der Waals surface area contributed by atoms with Crippen molar-refractivity contribution in [2.75, 3.05) is 0 Å². The van der Waals surface area contributed by atoms with E-state index in [4.69, 9.17) is 0 Å². The number of halogens is 6. The maximum Gasteiger partial charge on any atom is 0.450 e. The number of ketones is 4. The summed E-state index contributed by atoms with van der Waals surface area (Å²) in [6.07, 6.45) is -13.5. The molecule has 0 amide bonds. The quantitative estimate of drug-likeness (QED) is 0.428. The van der Waals surface area contributed by atoms with Gasteiger partial charge < -0.3 is 0 Å². The normalized spacial score (nSPS) is 12.0. The number of rotatable bonds is 6. The first kappa shape index (κ1) is 21.5. The summed E-state index contributed by atoms with van der Waals surface area (Å²) >= 11 is 0. The molecule has 1 aromatic heterocycles. The van der Waals surface area contributed by atoms with Crippen LogP contribution < -0.4 is 0 Å². The fraction of sp³-hybridized carbons (Fsp3) is 0.400. The molecule has 11 heteroatoms. The van der Waals surface area contributed by atoms with Crippen LogP contribution in [0.3, 0.4) is 0 Å². The Morgan fingerprint density at radius 3 is 1.35 bits per heavy atom. The number of alkyl halides is 6. The molecule has 0 spiro atoms. The van der Waals surface area contributed by atoms with Gasteiger partial charge >= 0.3 is 12.4 Å². The summed E-state index contributed by atoms with van der Waals surface area (Å²) in [5, 5.41) is 0. The van der Waals surface area contributed by atoms with Gasteiger partial charge in [0.1, 0.15) is 0 Å². The molecular formula is C15H11F6NO4.